The Hall–Kier alpha value is -3.45. The third kappa shape index (κ3) is 4.93. The van der Waals surface area contributed by atoms with Crippen molar-refractivity contribution >= 4 is 40.5 Å². The summed E-state index contributed by atoms with van der Waals surface area (Å²) in [4.78, 5) is 39.5. The van der Waals surface area contributed by atoms with Gasteiger partial charge in [-0.05, 0) is 54.3 Å². The summed E-state index contributed by atoms with van der Waals surface area (Å²) in [6.45, 7) is 2.29. The minimum atomic E-state index is -0.395. The molecule has 0 aliphatic rings. The summed E-state index contributed by atoms with van der Waals surface area (Å²) in [5.41, 5.74) is 1.83. The average Bonchev–Trinajstić information content (AvgIpc) is 3.32. The molecule has 0 fully saturated rings. The fraction of sp³-hybridized carbons (Fsp3) is 0.174. The van der Waals surface area contributed by atoms with E-state index in [4.69, 9.17) is 4.74 Å². The summed E-state index contributed by atoms with van der Waals surface area (Å²) in [5, 5.41) is 4.64. The fourth-order valence-electron chi connectivity index (χ4n) is 2.80. The minimum Gasteiger partial charge on any atom is -0.462 e. The summed E-state index contributed by atoms with van der Waals surface area (Å²) >= 11 is 1.35. The molecule has 0 saturated carbocycles. The zero-order valence-corrected chi connectivity index (χ0v) is 17.6. The Morgan fingerprint density at radius 1 is 1.00 bits per heavy atom. The van der Waals surface area contributed by atoms with E-state index in [0.717, 1.165) is 6.42 Å². The summed E-state index contributed by atoms with van der Waals surface area (Å²) in [7, 11) is 1.64. The molecule has 2 amide bonds. The van der Waals surface area contributed by atoms with Crippen LogP contribution in [0.15, 0.2) is 66.0 Å². The Kier molecular flexibility index (Phi) is 6.98. The largest absolute Gasteiger partial charge is 0.462 e. The third-order valence-electron chi connectivity index (χ3n) is 4.36. The maximum Gasteiger partial charge on any atom is 0.338 e. The van der Waals surface area contributed by atoms with Gasteiger partial charge in [-0.3, -0.25) is 9.59 Å². The molecule has 0 bridgehead atoms. The molecule has 7 heteroatoms. The molecule has 1 N–H and O–H groups in total. The zero-order chi connectivity index (χ0) is 21.5. The molecule has 30 heavy (non-hydrogen) atoms. The molecule has 3 aromatic rings. The highest BCUT2D eigenvalue weighted by molar-refractivity contribution is 7.12. The molecule has 1 heterocycles. The normalized spacial score (nSPS) is 10.3. The lowest BCUT2D eigenvalue weighted by Crippen LogP contribution is -2.28. The van der Waals surface area contributed by atoms with E-state index in [1.54, 1.807) is 61.6 Å². The van der Waals surface area contributed by atoms with Crippen molar-refractivity contribution in [1.29, 1.82) is 0 Å². The highest BCUT2D eigenvalue weighted by atomic mass is 32.1. The topological polar surface area (TPSA) is 75.7 Å². The Balaban J connectivity index is 1.75. The van der Waals surface area contributed by atoms with E-state index in [-0.39, 0.29) is 11.8 Å². The van der Waals surface area contributed by atoms with Gasteiger partial charge in [0, 0.05) is 12.7 Å². The summed E-state index contributed by atoms with van der Waals surface area (Å²) in [6.07, 6.45) is 0.753. The van der Waals surface area contributed by atoms with Crippen molar-refractivity contribution in [1.82, 2.24) is 0 Å². The van der Waals surface area contributed by atoms with Crippen molar-refractivity contribution in [3.63, 3.8) is 0 Å². The summed E-state index contributed by atoms with van der Waals surface area (Å²) in [6, 6.07) is 17.0. The molecule has 0 unspecified atom stereocenters. The van der Waals surface area contributed by atoms with Gasteiger partial charge in [0.2, 0.25) is 0 Å². The number of benzene rings is 2. The number of para-hydroxylation sites is 1. The van der Waals surface area contributed by atoms with E-state index in [0.29, 0.717) is 34.0 Å². The number of ether oxygens (including phenoxy) is 1. The van der Waals surface area contributed by atoms with E-state index in [1.165, 1.54) is 16.2 Å². The molecule has 2 aromatic carbocycles. The number of hydrogen-bond acceptors (Lipinski definition) is 5. The molecule has 0 aliphatic heterocycles. The van der Waals surface area contributed by atoms with Crippen molar-refractivity contribution in [3.8, 4) is 0 Å². The number of anilines is 2. The number of hydrogen-bond donors (Lipinski definition) is 1. The van der Waals surface area contributed by atoms with Crippen molar-refractivity contribution in [2.75, 3.05) is 23.9 Å². The van der Waals surface area contributed by atoms with Crippen LogP contribution in [0.5, 0.6) is 0 Å². The van der Waals surface area contributed by atoms with E-state index >= 15 is 0 Å². The van der Waals surface area contributed by atoms with E-state index in [2.05, 4.69) is 5.32 Å². The molecular formula is C23H22N2O4S. The van der Waals surface area contributed by atoms with E-state index in [1.807, 2.05) is 18.4 Å². The second-order valence-electron chi connectivity index (χ2n) is 6.53. The SMILES string of the molecule is CCCOC(=O)c1ccc(NC(=O)c2ccccc2N(C)C(=O)c2cccs2)cc1. The molecule has 1 aromatic heterocycles. The van der Waals surface area contributed by atoms with Crippen molar-refractivity contribution in [3.05, 3.63) is 82.0 Å². The van der Waals surface area contributed by atoms with E-state index < -0.39 is 5.97 Å². The average molecular weight is 423 g/mol. The number of nitrogens with one attached hydrogen (secondary N) is 1. The Morgan fingerprint density at radius 2 is 1.73 bits per heavy atom. The minimum absolute atomic E-state index is 0.180. The lowest BCUT2D eigenvalue weighted by molar-refractivity contribution is 0.0505. The van der Waals surface area contributed by atoms with Crippen LogP contribution >= 0.6 is 11.3 Å². The Bertz CT molecular complexity index is 1030. The maximum absolute atomic E-state index is 12.9. The zero-order valence-electron chi connectivity index (χ0n) is 16.8. The molecule has 3 rings (SSSR count). The van der Waals surface area contributed by atoms with Crippen LogP contribution in [0.3, 0.4) is 0 Å². The second-order valence-corrected chi connectivity index (χ2v) is 7.47. The van der Waals surface area contributed by atoms with Crippen molar-refractivity contribution in [2.45, 2.75) is 13.3 Å². The highest BCUT2D eigenvalue weighted by Crippen LogP contribution is 2.24. The molecule has 0 aliphatic carbocycles. The van der Waals surface area contributed by atoms with Gasteiger partial charge >= 0.3 is 5.97 Å². The molecule has 0 spiro atoms. The van der Waals surface area contributed by atoms with Gasteiger partial charge in [-0.25, -0.2) is 4.79 Å². The standard InChI is InChI=1S/C23H22N2O4S/c1-3-14-29-23(28)16-10-12-17(13-11-16)24-21(26)18-7-4-5-8-19(18)25(2)22(27)20-9-6-15-30-20/h4-13,15H,3,14H2,1-2H3,(H,24,26). The fourth-order valence-corrected chi connectivity index (χ4v) is 3.50. The van der Waals surface area contributed by atoms with Gasteiger partial charge in [0.15, 0.2) is 0 Å². The van der Waals surface area contributed by atoms with Gasteiger partial charge < -0.3 is 15.0 Å². The number of carbonyl (C=O) groups excluding carboxylic acids is 3. The smallest absolute Gasteiger partial charge is 0.338 e. The Morgan fingerprint density at radius 3 is 2.40 bits per heavy atom. The number of rotatable bonds is 7. The first-order chi connectivity index (χ1) is 14.5. The van der Waals surface area contributed by atoms with Crippen LogP contribution in [0.25, 0.3) is 0 Å². The lowest BCUT2D eigenvalue weighted by atomic mass is 10.1. The summed E-state index contributed by atoms with van der Waals surface area (Å²) in [5.74, 6) is -0.924. The number of esters is 1. The highest BCUT2D eigenvalue weighted by Gasteiger charge is 2.20. The predicted molar refractivity (Wildman–Crippen MR) is 118 cm³/mol. The number of amides is 2. The van der Waals surface area contributed by atoms with Crippen LogP contribution in [-0.4, -0.2) is 31.4 Å². The van der Waals surface area contributed by atoms with Gasteiger partial charge in [0.1, 0.15) is 0 Å². The van der Waals surface area contributed by atoms with Gasteiger partial charge in [0.05, 0.1) is 28.3 Å². The predicted octanol–water partition coefficient (Wildman–Crippen LogP) is 4.84. The van der Waals surface area contributed by atoms with Crippen LogP contribution in [0, 0.1) is 0 Å². The first-order valence-electron chi connectivity index (χ1n) is 9.50. The van der Waals surface area contributed by atoms with Gasteiger partial charge in [0.25, 0.3) is 11.8 Å². The number of thiophene rings is 1. The monoisotopic (exact) mass is 422 g/mol. The first-order valence-corrected chi connectivity index (χ1v) is 10.4. The molecule has 0 saturated heterocycles. The molecule has 0 radical (unpaired) electrons. The summed E-state index contributed by atoms with van der Waals surface area (Å²) < 4.78 is 5.10. The van der Waals surface area contributed by atoms with E-state index in [9.17, 15) is 14.4 Å². The van der Waals surface area contributed by atoms with Crippen LogP contribution in [-0.2, 0) is 4.74 Å². The number of carbonyl (C=O) groups is 3. The van der Waals surface area contributed by atoms with Crippen LogP contribution in [0.4, 0.5) is 11.4 Å². The molecule has 0 atom stereocenters. The Labute approximate surface area is 179 Å². The van der Waals surface area contributed by atoms with Gasteiger partial charge in [-0.1, -0.05) is 25.1 Å². The molecular weight excluding hydrogens is 400 g/mol. The molecule has 6 nitrogen and oxygen atoms in total. The van der Waals surface area contributed by atoms with Crippen molar-refractivity contribution < 1.29 is 19.1 Å². The van der Waals surface area contributed by atoms with Crippen molar-refractivity contribution in [2.24, 2.45) is 0 Å². The van der Waals surface area contributed by atoms with Crippen LogP contribution < -0.4 is 10.2 Å². The second kappa shape index (κ2) is 9.84. The van der Waals surface area contributed by atoms with Gasteiger partial charge in [-0.2, -0.15) is 0 Å². The number of nitrogens with zero attached hydrogens (tertiary/aromatic N) is 1. The quantitative estimate of drug-likeness (QED) is 0.553. The third-order valence-corrected chi connectivity index (χ3v) is 5.22. The lowest BCUT2D eigenvalue weighted by Gasteiger charge is -2.20. The first kappa shape index (κ1) is 21.3. The van der Waals surface area contributed by atoms with Crippen LogP contribution in [0.1, 0.15) is 43.7 Å². The maximum atomic E-state index is 12.9. The molecule has 154 valence electrons. The van der Waals surface area contributed by atoms with Gasteiger partial charge in [-0.15, -0.1) is 11.3 Å². The van der Waals surface area contributed by atoms with Crippen LogP contribution in [0.2, 0.25) is 0 Å².